The molecule has 3 heteroatoms. The molecule has 50 valence electrons. The van der Waals surface area contributed by atoms with Crippen LogP contribution in [0.1, 0.15) is 19.8 Å². The summed E-state index contributed by atoms with van der Waals surface area (Å²) in [4.78, 5) is 10.2. The van der Waals surface area contributed by atoms with Gasteiger partial charge >= 0.3 is 0 Å². The van der Waals surface area contributed by atoms with Crippen LogP contribution in [0.4, 0.5) is 0 Å². The third kappa shape index (κ3) is 4.16. The molecule has 0 aliphatic rings. The van der Waals surface area contributed by atoms with Crippen molar-refractivity contribution in [3.05, 3.63) is 0 Å². The molecule has 0 aromatic heterocycles. The number of rotatable bonds is 3. The summed E-state index contributed by atoms with van der Waals surface area (Å²) in [6.07, 6.45) is 1.80. The predicted octanol–water partition coefficient (Wildman–Crippen LogP) is 1.64. The van der Waals surface area contributed by atoms with Crippen molar-refractivity contribution >= 4 is 22.2 Å². The van der Waals surface area contributed by atoms with Crippen LogP contribution in [0.3, 0.4) is 0 Å². The Bertz CT molecular complexity index is 136. The maximum atomic E-state index is 10.2. The zero-order valence-electron chi connectivity index (χ0n) is 5.22. The van der Waals surface area contributed by atoms with Crippen molar-refractivity contribution in [3.63, 3.8) is 0 Å². The van der Waals surface area contributed by atoms with E-state index in [9.17, 15) is 4.79 Å². The van der Waals surface area contributed by atoms with Gasteiger partial charge in [-0.05, 0) is 13.3 Å². The molecule has 0 heterocycles. The van der Waals surface area contributed by atoms with Gasteiger partial charge in [0.05, 0.1) is 10.4 Å². The topological polar surface area (TPSA) is 40.9 Å². The molecule has 0 saturated carbocycles. The third-order valence-electron chi connectivity index (χ3n) is 0.971. The third-order valence-corrected chi connectivity index (χ3v) is 1.55. The Morgan fingerprint density at radius 1 is 1.89 bits per heavy atom. The van der Waals surface area contributed by atoms with Crippen LogP contribution < -0.4 is 0 Å². The molecule has 0 N–H and O–H groups in total. The second kappa shape index (κ2) is 3.62. The number of aldehydes is 1. The summed E-state index contributed by atoms with van der Waals surface area (Å²) < 4.78 is -0.497. The average molecular weight is 190 g/mol. The summed E-state index contributed by atoms with van der Waals surface area (Å²) in [5.41, 5.74) is 0. The molecular formula is C6H8BrNO. The first-order valence-corrected chi connectivity index (χ1v) is 3.44. The summed E-state index contributed by atoms with van der Waals surface area (Å²) in [7, 11) is 0. The Balaban J connectivity index is 3.61. The van der Waals surface area contributed by atoms with Crippen LogP contribution in [0, 0.1) is 11.3 Å². The van der Waals surface area contributed by atoms with E-state index in [2.05, 4.69) is 15.9 Å². The first-order valence-electron chi connectivity index (χ1n) is 2.64. The standard InChI is InChI=1S/C6H8BrNO/c1-6(7,5-9)3-2-4-8/h5H,2-3H2,1H3. The van der Waals surface area contributed by atoms with Crippen molar-refractivity contribution in [1.82, 2.24) is 0 Å². The maximum Gasteiger partial charge on any atom is 0.136 e. The highest BCUT2D eigenvalue weighted by molar-refractivity contribution is 9.10. The number of carbonyl (C=O) groups excluding carboxylic acids is 1. The van der Waals surface area contributed by atoms with E-state index in [1.165, 1.54) is 0 Å². The molecule has 0 amide bonds. The Morgan fingerprint density at radius 3 is 2.78 bits per heavy atom. The van der Waals surface area contributed by atoms with Crippen molar-refractivity contribution in [1.29, 1.82) is 5.26 Å². The van der Waals surface area contributed by atoms with Crippen LogP contribution in [0.25, 0.3) is 0 Å². The molecule has 0 fully saturated rings. The number of alkyl halides is 1. The fourth-order valence-electron chi connectivity index (χ4n) is 0.359. The van der Waals surface area contributed by atoms with E-state index in [0.29, 0.717) is 12.8 Å². The minimum Gasteiger partial charge on any atom is -0.302 e. The van der Waals surface area contributed by atoms with Crippen molar-refractivity contribution in [2.45, 2.75) is 24.1 Å². The Labute approximate surface area is 63.0 Å². The van der Waals surface area contributed by atoms with Crippen LogP contribution in [-0.2, 0) is 4.79 Å². The van der Waals surface area contributed by atoms with Gasteiger partial charge in [-0.15, -0.1) is 0 Å². The van der Waals surface area contributed by atoms with E-state index < -0.39 is 4.32 Å². The minimum absolute atomic E-state index is 0.417. The SMILES string of the molecule is CC(Br)(C=O)CCC#N. The maximum absolute atomic E-state index is 10.2. The molecule has 1 unspecified atom stereocenters. The van der Waals surface area contributed by atoms with Crippen LogP contribution in [0.15, 0.2) is 0 Å². The van der Waals surface area contributed by atoms with Gasteiger partial charge in [0, 0.05) is 6.42 Å². The van der Waals surface area contributed by atoms with Crippen LogP contribution >= 0.6 is 15.9 Å². The lowest BCUT2D eigenvalue weighted by molar-refractivity contribution is -0.109. The quantitative estimate of drug-likeness (QED) is 0.501. The van der Waals surface area contributed by atoms with Gasteiger partial charge in [-0.25, -0.2) is 0 Å². The number of hydrogen-bond acceptors (Lipinski definition) is 2. The molecule has 0 radical (unpaired) electrons. The highest BCUT2D eigenvalue weighted by Crippen LogP contribution is 2.19. The van der Waals surface area contributed by atoms with Crippen molar-refractivity contribution in [2.75, 3.05) is 0 Å². The van der Waals surface area contributed by atoms with Crippen molar-refractivity contribution in [2.24, 2.45) is 0 Å². The fraction of sp³-hybridized carbons (Fsp3) is 0.667. The van der Waals surface area contributed by atoms with Gasteiger partial charge in [0.25, 0.3) is 0 Å². The van der Waals surface area contributed by atoms with Gasteiger partial charge < -0.3 is 4.79 Å². The number of carbonyl (C=O) groups is 1. The lowest BCUT2D eigenvalue weighted by atomic mass is 10.1. The smallest absolute Gasteiger partial charge is 0.136 e. The van der Waals surface area contributed by atoms with Gasteiger partial charge in [0.1, 0.15) is 6.29 Å². The Kier molecular flexibility index (Phi) is 3.48. The van der Waals surface area contributed by atoms with Gasteiger partial charge in [-0.1, -0.05) is 15.9 Å². The summed E-state index contributed by atoms with van der Waals surface area (Å²) >= 11 is 3.16. The van der Waals surface area contributed by atoms with Gasteiger partial charge in [-0.2, -0.15) is 5.26 Å². The zero-order valence-corrected chi connectivity index (χ0v) is 6.81. The Hall–Kier alpha value is -0.360. The molecule has 1 atom stereocenters. The second-order valence-corrected chi connectivity index (χ2v) is 3.87. The first-order chi connectivity index (χ1) is 4.12. The van der Waals surface area contributed by atoms with E-state index >= 15 is 0 Å². The monoisotopic (exact) mass is 189 g/mol. The lowest BCUT2D eigenvalue weighted by Crippen LogP contribution is -2.16. The van der Waals surface area contributed by atoms with Crippen LogP contribution in [0.5, 0.6) is 0 Å². The number of hydrogen-bond donors (Lipinski definition) is 0. The summed E-state index contributed by atoms with van der Waals surface area (Å²) in [5.74, 6) is 0. The number of nitriles is 1. The Morgan fingerprint density at radius 2 is 2.44 bits per heavy atom. The lowest BCUT2D eigenvalue weighted by Gasteiger charge is -2.10. The van der Waals surface area contributed by atoms with Gasteiger partial charge in [-0.3, -0.25) is 0 Å². The molecule has 0 rings (SSSR count). The number of halogens is 1. The van der Waals surface area contributed by atoms with E-state index in [-0.39, 0.29) is 0 Å². The van der Waals surface area contributed by atoms with Crippen molar-refractivity contribution in [3.8, 4) is 6.07 Å². The minimum atomic E-state index is -0.497. The highest BCUT2D eigenvalue weighted by atomic mass is 79.9. The fourth-order valence-corrected chi connectivity index (χ4v) is 0.557. The van der Waals surface area contributed by atoms with Crippen LogP contribution in [-0.4, -0.2) is 10.6 Å². The van der Waals surface area contributed by atoms with Gasteiger partial charge in [0.15, 0.2) is 0 Å². The molecule has 0 aliphatic heterocycles. The number of nitrogens with zero attached hydrogens (tertiary/aromatic N) is 1. The van der Waals surface area contributed by atoms with Gasteiger partial charge in [0.2, 0.25) is 0 Å². The molecular weight excluding hydrogens is 182 g/mol. The molecule has 0 aliphatic carbocycles. The largest absolute Gasteiger partial charge is 0.302 e. The predicted molar refractivity (Wildman–Crippen MR) is 38.2 cm³/mol. The molecule has 0 aromatic carbocycles. The average Bonchev–Trinajstić information content (AvgIpc) is 1.84. The van der Waals surface area contributed by atoms with E-state index in [1.807, 2.05) is 6.07 Å². The molecule has 0 bridgehead atoms. The molecule has 2 nitrogen and oxygen atoms in total. The van der Waals surface area contributed by atoms with E-state index in [0.717, 1.165) is 6.29 Å². The normalized spacial score (nSPS) is 15.7. The summed E-state index contributed by atoms with van der Waals surface area (Å²) in [6.45, 7) is 1.75. The summed E-state index contributed by atoms with van der Waals surface area (Å²) in [5, 5.41) is 8.14. The van der Waals surface area contributed by atoms with E-state index in [4.69, 9.17) is 5.26 Å². The summed E-state index contributed by atoms with van der Waals surface area (Å²) in [6, 6.07) is 1.97. The highest BCUT2D eigenvalue weighted by Gasteiger charge is 2.17. The zero-order chi connectivity index (χ0) is 7.33. The molecule has 9 heavy (non-hydrogen) atoms. The second-order valence-electron chi connectivity index (χ2n) is 2.05. The molecule has 0 saturated heterocycles. The molecule has 0 spiro atoms. The van der Waals surface area contributed by atoms with Crippen molar-refractivity contribution < 1.29 is 4.79 Å². The van der Waals surface area contributed by atoms with E-state index in [1.54, 1.807) is 6.92 Å². The molecule has 0 aromatic rings. The van der Waals surface area contributed by atoms with Crippen LogP contribution in [0.2, 0.25) is 0 Å². The first kappa shape index (κ1) is 8.64.